The van der Waals surface area contributed by atoms with Gasteiger partial charge in [0.1, 0.15) is 11.9 Å². The average Bonchev–Trinajstić information content (AvgIpc) is 2.82. The molecule has 92 valence electrons. The highest BCUT2D eigenvalue weighted by Gasteiger charge is 2.09. The van der Waals surface area contributed by atoms with Crippen molar-refractivity contribution in [1.82, 2.24) is 4.98 Å². The number of thiophene rings is 1. The maximum Gasteiger partial charge on any atom is 0.144 e. The average molecular weight is 257 g/mol. The zero-order valence-corrected chi connectivity index (χ0v) is 11.3. The van der Waals surface area contributed by atoms with Crippen molar-refractivity contribution in [2.45, 2.75) is 26.3 Å². The maximum absolute atomic E-state index is 9.05. The molecule has 1 unspecified atom stereocenters. The molecule has 4 heteroatoms. The third-order valence-corrected chi connectivity index (χ3v) is 3.39. The highest BCUT2D eigenvalue weighted by molar-refractivity contribution is 7.07. The molecule has 2 rings (SSSR count). The van der Waals surface area contributed by atoms with Crippen molar-refractivity contribution in [2.24, 2.45) is 0 Å². The minimum Gasteiger partial charge on any atom is -0.366 e. The number of nitrogens with zero attached hydrogens (tertiary/aromatic N) is 2. The Morgan fingerprint density at radius 3 is 2.94 bits per heavy atom. The smallest absolute Gasteiger partial charge is 0.144 e. The van der Waals surface area contributed by atoms with E-state index in [1.165, 1.54) is 5.56 Å². The molecule has 1 atom stereocenters. The highest BCUT2D eigenvalue weighted by atomic mass is 32.1. The van der Waals surface area contributed by atoms with E-state index in [0.717, 1.165) is 12.1 Å². The van der Waals surface area contributed by atoms with E-state index in [-0.39, 0.29) is 6.04 Å². The third kappa shape index (κ3) is 3.08. The molecule has 2 heterocycles. The molecular weight excluding hydrogens is 242 g/mol. The van der Waals surface area contributed by atoms with Gasteiger partial charge >= 0.3 is 0 Å². The summed E-state index contributed by atoms with van der Waals surface area (Å²) < 4.78 is 0. The lowest BCUT2D eigenvalue weighted by Gasteiger charge is -2.15. The van der Waals surface area contributed by atoms with Crippen molar-refractivity contribution >= 4 is 17.2 Å². The van der Waals surface area contributed by atoms with Crippen LogP contribution in [-0.4, -0.2) is 11.0 Å². The summed E-state index contributed by atoms with van der Waals surface area (Å²) >= 11 is 1.70. The molecule has 18 heavy (non-hydrogen) atoms. The first-order valence-corrected chi connectivity index (χ1v) is 6.78. The second-order valence-corrected chi connectivity index (χ2v) is 5.12. The Morgan fingerprint density at radius 2 is 2.28 bits per heavy atom. The van der Waals surface area contributed by atoms with E-state index >= 15 is 0 Å². The summed E-state index contributed by atoms with van der Waals surface area (Å²) in [5.41, 5.74) is 2.82. The Labute approximate surface area is 111 Å². The molecule has 2 aromatic heterocycles. The van der Waals surface area contributed by atoms with Crippen LogP contribution in [0.3, 0.4) is 0 Å². The van der Waals surface area contributed by atoms with Crippen molar-refractivity contribution in [1.29, 1.82) is 5.26 Å². The number of pyridine rings is 1. The molecule has 1 N–H and O–H groups in total. The van der Waals surface area contributed by atoms with Crippen LogP contribution in [0.25, 0.3) is 0 Å². The van der Waals surface area contributed by atoms with E-state index in [4.69, 9.17) is 5.26 Å². The van der Waals surface area contributed by atoms with Crippen LogP contribution in [0.4, 0.5) is 5.82 Å². The van der Waals surface area contributed by atoms with Crippen LogP contribution in [0, 0.1) is 18.3 Å². The zero-order chi connectivity index (χ0) is 13.0. The number of hydrogen-bond donors (Lipinski definition) is 1. The normalized spacial score (nSPS) is 11.8. The van der Waals surface area contributed by atoms with E-state index in [1.54, 1.807) is 11.3 Å². The van der Waals surface area contributed by atoms with E-state index in [1.807, 2.05) is 19.1 Å². The number of anilines is 1. The molecule has 0 saturated heterocycles. The van der Waals surface area contributed by atoms with E-state index in [9.17, 15) is 0 Å². The van der Waals surface area contributed by atoms with Gasteiger partial charge in [-0.15, -0.1) is 0 Å². The maximum atomic E-state index is 9.05. The van der Waals surface area contributed by atoms with Crippen molar-refractivity contribution in [3.8, 4) is 6.07 Å². The Balaban J connectivity index is 2.09. The van der Waals surface area contributed by atoms with E-state index in [0.29, 0.717) is 11.4 Å². The third-order valence-electron chi connectivity index (χ3n) is 2.66. The standard InChI is InChI=1S/C14H15N3S/c1-10-3-4-13(8-15)14(16-10)17-11(2)7-12-5-6-18-9-12/h3-6,9,11H,7H2,1-2H3,(H,16,17). The van der Waals surface area contributed by atoms with Gasteiger partial charge in [0, 0.05) is 11.7 Å². The van der Waals surface area contributed by atoms with Gasteiger partial charge in [-0.05, 0) is 54.8 Å². The number of nitriles is 1. The van der Waals surface area contributed by atoms with Crippen molar-refractivity contribution in [3.05, 3.63) is 45.8 Å². The summed E-state index contributed by atoms with van der Waals surface area (Å²) in [7, 11) is 0. The molecule has 0 aliphatic carbocycles. The molecule has 0 aliphatic rings. The Bertz CT molecular complexity index is 555. The van der Waals surface area contributed by atoms with E-state index < -0.39 is 0 Å². The Morgan fingerprint density at radius 1 is 1.44 bits per heavy atom. The number of aromatic nitrogens is 1. The molecule has 0 spiro atoms. The van der Waals surface area contributed by atoms with Crippen LogP contribution in [-0.2, 0) is 6.42 Å². The second-order valence-electron chi connectivity index (χ2n) is 4.34. The fraction of sp³-hybridized carbons (Fsp3) is 0.286. The van der Waals surface area contributed by atoms with Crippen LogP contribution in [0.2, 0.25) is 0 Å². The lowest BCUT2D eigenvalue weighted by Crippen LogP contribution is -2.19. The second kappa shape index (κ2) is 5.65. The quantitative estimate of drug-likeness (QED) is 0.913. The molecule has 0 aliphatic heterocycles. The van der Waals surface area contributed by atoms with Gasteiger partial charge < -0.3 is 5.32 Å². The molecule has 0 bridgehead atoms. The Hall–Kier alpha value is -1.86. The first kappa shape index (κ1) is 12.6. The summed E-state index contributed by atoms with van der Waals surface area (Å²) in [6.45, 7) is 4.03. The summed E-state index contributed by atoms with van der Waals surface area (Å²) in [6, 6.07) is 8.20. The number of aryl methyl sites for hydroxylation is 1. The SMILES string of the molecule is Cc1ccc(C#N)c(NC(C)Cc2ccsc2)n1. The van der Waals surface area contributed by atoms with Crippen LogP contribution >= 0.6 is 11.3 Å². The molecule has 0 saturated carbocycles. The summed E-state index contributed by atoms with van der Waals surface area (Å²) in [6.07, 6.45) is 0.935. The van der Waals surface area contributed by atoms with Gasteiger partial charge in [-0.3, -0.25) is 0 Å². The lowest BCUT2D eigenvalue weighted by molar-refractivity contribution is 0.785. The topological polar surface area (TPSA) is 48.7 Å². The largest absolute Gasteiger partial charge is 0.366 e. The van der Waals surface area contributed by atoms with Crippen LogP contribution in [0.15, 0.2) is 29.0 Å². The van der Waals surface area contributed by atoms with Crippen LogP contribution in [0.1, 0.15) is 23.7 Å². The minimum atomic E-state index is 0.251. The van der Waals surface area contributed by atoms with Gasteiger partial charge in [0.2, 0.25) is 0 Å². The first-order chi connectivity index (χ1) is 8.69. The van der Waals surface area contributed by atoms with Gasteiger partial charge in [0.25, 0.3) is 0 Å². The number of hydrogen-bond acceptors (Lipinski definition) is 4. The molecule has 0 aromatic carbocycles. The molecule has 0 amide bonds. The van der Waals surface area contributed by atoms with Crippen molar-refractivity contribution < 1.29 is 0 Å². The highest BCUT2D eigenvalue weighted by Crippen LogP contribution is 2.15. The number of rotatable bonds is 4. The van der Waals surface area contributed by atoms with Crippen LogP contribution < -0.4 is 5.32 Å². The summed E-state index contributed by atoms with van der Waals surface area (Å²) in [4.78, 5) is 4.38. The predicted molar refractivity (Wildman–Crippen MR) is 74.8 cm³/mol. The lowest BCUT2D eigenvalue weighted by atomic mass is 10.1. The van der Waals surface area contributed by atoms with Crippen molar-refractivity contribution in [3.63, 3.8) is 0 Å². The first-order valence-electron chi connectivity index (χ1n) is 5.84. The zero-order valence-electron chi connectivity index (χ0n) is 10.5. The fourth-order valence-corrected chi connectivity index (χ4v) is 2.49. The van der Waals surface area contributed by atoms with Gasteiger partial charge in [0.05, 0.1) is 5.56 Å². The minimum absolute atomic E-state index is 0.251. The monoisotopic (exact) mass is 257 g/mol. The molecule has 2 aromatic rings. The van der Waals surface area contributed by atoms with Gasteiger partial charge in [-0.1, -0.05) is 0 Å². The molecule has 0 fully saturated rings. The van der Waals surface area contributed by atoms with Crippen molar-refractivity contribution in [2.75, 3.05) is 5.32 Å². The fourth-order valence-electron chi connectivity index (χ4n) is 1.80. The van der Waals surface area contributed by atoms with Crippen LogP contribution in [0.5, 0.6) is 0 Å². The molecule has 0 radical (unpaired) electrons. The summed E-state index contributed by atoms with van der Waals surface area (Å²) in [5.74, 6) is 0.681. The molecule has 3 nitrogen and oxygen atoms in total. The molecular formula is C14H15N3S. The van der Waals surface area contributed by atoms with E-state index in [2.05, 4.69) is 40.1 Å². The van der Waals surface area contributed by atoms with Gasteiger partial charge in [0.15, 0.2) is 0 Å². The van der Waals surface area contributed by atoms with Gasteiger partial charge in [-0.25, -0.2) is 4.98 Å². The predicted octanol–water partition coefficient (Wildman–Crippen LogP) is 3.37. The Kier molecular flexibility index (Phi) is 3.96. The number of nitrogens with one attached hydrogen (secondary N) is 1. The van der Waals surface area contributed by atoms with Gasteiger partial charge in [-0.2, -0.15) is 16.6 Å². The summed E-state index contributed by atoms with van der Waals surface area (Å²) in [5, 5.41) is 16.6.